The van der Waals surface area contributed by atoms with Gasteiger partial charge in [0.05, 0.1) is 6.61 Å². The fourth-order valence-electron chi connectivity index (χ4n) is 1.34. The van der Waals surface area contributed by atoms with Crippen LogP contribution in [0.15, 0.2) is 24.3 Å². The molecule has 0 saturated heterocycles. The quantitative estimate of drug-likeness (QED) is 0.840. The highest BCUT2D eigenvalue weighted by molar-refractivity contribution is 6.30. The van der Waals surface area contributed by atoms with E-state index in [2.05, 4.69) is 5.32 Å². The Kier molecular flexibility index (Phi) is 4.93. The second-order valence-corrected chi connectivity index (χ2v) is 4.56. The number of carbonyl (C=O) groups excluding carboxylic acids is 1. The summed E-state index contributed by atoms with van der Waals surface area (Å²) in [5.74, 6) is -0.252. The average Bonchev–Trinajstić information content (AvgIpc) is 2.27. The predicted molar refractivity (Wildman–Crippen MR) is 66.3 cm³/mol. The summed E-state index contributed by atoms with van der Waals surface area (Å²) in [5.41, 5.74) is -0.570. The molecule has 2 N–H and O–H groups in total. The molecule has 0 aliphatic carbocycles. The zero-order valence-corrected chi connectivity index (χ0v) is 10.6. The molecule has 4 nitrogen and oxygen atoms in total. The molecule has 1 aromatic rings. The Morgan fingerprint density at radius 2 is 2.06 bits per heavy atom. The summed E-state index contributed by atoms with van der Waals surface area (Å²) < 4.78 is 4.84. The highest BCUT2D eigenvalue weighted by Crippen LogP contribution is 2.09. The predicted octanol–water partition coefficient (Wildman–Crippen LogP) is 1.47. The number of hydrogen-bond acceptors (Lipinski definition) is 3. The Hall–Kier alpha value is -1.10. The minimum absolute atomic E-state index is 0.127. The molecule has 0 spiro atoms. The molecule has 94 valence electrons. The van der Waals surface area contributed by atoms with Gasteiger partial charge < -0.3 is 15.2 Å². The summed E-state index contributed by atoms with van der Waals surface area (Å²) >= 11 is 5.72. The van der Waals surface area contributed by atoms with Crippen molar-refractivity contribution in [2.45, 2.75) is 12.5 Å². The number of halogens is 1. The lowest BCUT2D eigenvalue weighted by atomic mass is 10.1. The van der Waals surface area contributed by atoms with E-state index in [-0.39, 0.29) is 19.1 Å². The van der Waals surface area contributed by atoms with E-state index in [0.29, 0.717) is 10.6 Å². The van der Waals surface area contributed by atoms with Crippen LogP contribution in [0.5, 0.6) is 0 Å². The van der Waals surface area contributed by atoms with Crippen LogP contribution in [-0.4, -0.2) is 36.9 Å². The van der Waals surface area contributed by atoms with Crippen molar-refractivity contribution < 1.29 is 14.6 Å². The van der Waals surface area contributed by atoms with Crippen LogP contribution in [-0.2, 0) is 4.74 Å². The average molecular weight is 258 g/mol. The van der Waals surface area contributed by atoms with Crippen molar-refractivity contribution in [3.05, 3.63) is 34.9 Å². The number of hydrogen-bond donors (Lipinski definition) is 2. The molecule has 0 aromatic heterocycles. The monoisotopic (exact) mass is 257 g/mol. The topological polar surface area (TPSA) is 58.6 Å². The number of benzene rings is 1. The number of ether oxygens (including phenoxy) is 1. The first-order valence-corrected chi connectivity index (χ1v) is 5.57. The molecule has 0 bridgehead atoms. The fourth-order valence-corrected chi connectivity index (χ4v) is 1.46. The van der Waals surface area contributed by atoms with Crippen molar-refractivity contribution in [3.63, 3.8) is 0 Å². The van der Waals surface area contributed by atoms with Crippen molar-refractivity contribution in [2.24, 2.45) is 0 Å². The van der Waals surface area contributed by atoms with Crippen molar-refractivity contribution in [1.29, 1.82) is 0 Å². The van der Waals surface area contributed by atoms with Gasteiger partial charge in [-0.3, -0.25) is 4.79 Å². The zero-order valence-electron chi connectivity index (χ0n) is 9.87. The highest BCUT2D eigenvalue weighted by atomic mass is 35.5. The zero-order chi connectivity index (χ0) is 12.9. The Bertz CT molecular complexity index is 376. The maximum Gasteiger partial charge on any atom is 0.251 e. The van der Waals surface area contributed by atoms with E-state index in [1.165, 1.54) is 7.11 Å². The van der Waals surface area contributed by atoms with Crippen LogP contribution < -0.4 is 5.32 Å². The van der Waals surface area contributed by atoms with E-state index in [0.717, 1.165) is 0 Å². The van der Waals surface area contributed by atoms with Crippen LogP contribution >= 0.6 is 11.6 Å². The first-order chi connectivity index (χ1) is 7.94. The van der Waals surface area contributed by atoms with Gasteiger partial charge in [0.1, 0.15) is 5.60 Å². The van der Waals surface area contributed by atoms with Gasteiger partial charge in [0.2, 0.25) is 0 Å². The van der Waals surface area contributed by atoms with Crippen molar-refractivity contribution >= 4 is 17.5 Å². The lowest BCUT2D eigenvalue weighted by Crippen LogP contribution is -2.43. The number of amides is 1. The molecule has 0 radical (unpaired) electrons. The largest absolute Gasteiger partial charge is 0.386 e. The standard InChI is InChI=1S/C12H16ClNO3/c1-12(16,8-17-2)7-14-11(15)9-3-5-10(13)6-4-9/h3-6,16H,7-8H2,1-2H3,(H,14,15)/t12-/m0/s1. The van der Waals surface area contributed by atoms with E-state index in [1.807, 2.05) is 0 Å². The first kappa shape index (κ1) is 14.0. The fraction of sp³-hybridized carbons (Fsp3) is 0.417. The van der Waals surface area contributed by atoms with Crippen LogP contribution in [0, 0.1) is 0 Å². The molecular formula is C12H16ClNO3. The molecule has 0 aliphatic heterocycles. The molecule has 1 aromatic carbocycles. The smallest absolute Gasteiger partial charge is 0.251 e. The third kappa shape index (κ3) is 4.73. The summed E-state index contributed by atoms with van der Waals surface area (Å²) in [5, 5.41) is 13.0. The Labute approximate surface area is 106 Å². The third-order valence-corrected chi connectivity index (χ3v) is 2.44. The number of carbonyl (C=O) groups is 1. The van der Waals surface area contributed by atoms with E-state index in [9.17, 15) is 9.90 Å². The molecular weight excluding hydrogens is 242 g/mol. The third-order valence-electron chi connectivity index (χ3n) is 2.19. The maximum atomic E-state index is 11.7. The van der Waals surface area contributed by atoms with E-state index >= 15 is 0 Å². The Balaban J connectivity index is 2.53. The van der Waals surface area contributed by atoms with Gasteiger partial charge in [-0.15, -0.1) is 0 Å². The summed E-state index contributed by atoms with van der Waals surface area (Å²) in [6.45, 7) is 1.88. The van der Waals surface area contributed by atoms with Gasteiger partial charge in [0.25, 0.3) is 5.91 Å². The van der Waals surface area contributed by atoms with Crippen molar-refractivity contribution in [2.75, 3.05) is 20.3 Å². The molecule has 0 saturated carbocycles. The molecule has 17 heavy (non-hydrogen) atoms. The normalized spacial score (nSPS) is 14.1. The van der Waals surface area contributed by atoms with E-state index < -0.39 is 5.60 Å². The minimum atomic E-state index is -1.07. The SMILES string of the molecule is COC[C@@](C)(O)CNC(=O)c1ccc(Cl)cc1. The Morgan fingerprint density at radius 1 is 1.47 bits per heavy atom. The molecule has 5 heteroatoms. The lowest BCUT2D eigenvalue weighted by Gasteiger charge is -2.22. The molecule has 0 aliphatic rings. The van der Waals surface area contributed by atoms with Gasteiger partial charge in [-0.2, -0.15) is 0 Å². The van der Waals surface area contributed by atoms with E-state index in [4.69, 9.17) is 16.3 Å². The number of methoxy groups -OCH3 is 1. The number of aliphatic hydroxyl groups is 1. The van der Waals surface area contributed by atoms with Crippen LogP contribution in [0.25, 0.3) is 0 Å². The lowest BCUT2D eigenvalue weighted by molar-refractivity contribution is -0.0147. The second kappa shape index (κ2) is 6.00. The van der Waals surface area contributed by atoms with Crippen LogP contribution in [0.4, 0.5) is 0 Å². The molecule has 0 unspecified atom stereocenters. The van der Waals surface area contributed by atoms with Gasteiger partial charge in [0.15, 0.2) is 0 Å². The molecule has 1 rings (SSSR count). The second-order valence-electron chi connectivity index (χ2n) is 4.12. The van der Waals surface area contributed by atoms with E-state index in [1.54, 1.807) is 31.2 Å². The molecule has 0 heterocycles. The summed E-state index contributed by atoms with van der Waals surface area (Å²) in [6, 6.07) is 6.54. The molecule has 1 amide bonds. The van der Waals surface area contributed by atoms with Gasteiger partial charge >= 0.3 is 0 Å². The maximum absolute atomic E-state index is 11.7. The minimum Gasteiger partial charge on any atom is -0.386 e. The summed E-state index contributed by atoms with van der Waals surface area (Å²) in [4.78, 5) is 11.7. The summed E-state index contributed by atoms with van der Waals surface area (Å²) in [7, 11) is 1.50. The van der Waals surface area contributed by atoms with Crippen molar-refractivity contribution in [1.82, 2.24) is 5.32 Å². The number of rotatable bonds is 5. The molecule has 0 fully saturated rings. The van der Waals surface area contributed by atoms with Crippen LogP contribution in [0.2, 0.25) is 5.02 Å². The number of nitrogens with one attached hydrogen (secondary N) is 1. The Morgan fingerprint density at radius 3 is 2.59 bits per heavy atom. The van der Waals surface area contributed by atoms with Gasteiger partial charge in [-0.1, -0.05) is 11.6 Å². The summed E-state index contributed by atoms with van der Waals surface area (Å²) in [6.07, 6.45) is 0. The molecule has 1 atom stereocenters. The van der Waals surface area contributed by atoms with Crippen LogP contribution in [0.1, 0.15) is 17.3 Å². The van der Waals surface area contributed by atoms with Crippen LogP contribution in [0.3, 0.4) is 0 Å². The van der Waals surface area contributed by atoms with Crippen molar-refractivity contribution in [3.8, 4) is 0 Å². The van der Waals surface area contributed by atoms with Gasteiger partial charge in [-0.05, 0) is 31.2 Å². The van der Waals surface area contributed by atoms with Gasteiger partial charge in [0, 0.05) is 24.2 Å². The highest BCUT2D eigenvalue weighted by Gasteiger charge is 2.21. The van der Waals surface area contributed by atoms with Gasteiger partial charge in [-0.25, -0.2) is 0 Å². The first-order valence-electron chi connectivity index (χ1n) is 5.20.